The number of oxazole rings is 1. The molecule has 1 fully saturated rings. The third kappa shape index (κ3) is 3.54. The lowest BCUT2D eigenvalue weighted by molar-refractivity contribution is -0.384. The molecule has 1 N–H and O–H groups in total. The number of non-ortho nitro benzene ring substituents is 1. The lowest BCUT2D eigenvalue weighted by Crippen LogP contribution is -2.29. The molecule has 1 aliphatic heterocycles. The molecule has 1 aromatic carbocycles. The van der Waals surface area contributed by atoms with Crippen molar-refractivity contribution in [3.63, 3.8) is 0 Å². The number of hydrogen-bond acceptors (Lipinski definition) is 6. The SMILES string of the molecule is O=[N+]([O-])c1ccc2oc(OCCCC3CCCNC3)nc2c1. The molecule has 118 valence electrons. The Morgan fingerprint density at radius 2 is 2.41 bits per heavy atom. The molecule has 0 aliphatic carbocycles. The molecule has 1 aromatic heterocycles. The topological polar surface area (TPSA) is 90.4 Å². The van der Waals surface area contributed by atoms with Gasteiger partial charge in [-0.15, -0.1) is 0 Å². The van der Waals surface area contributed by atoms with Crippen molar-refractivity contribution in [2.24, 2.45) is 5.92 Å². The summed E-state index contributed by atoms with van der Waals surface area (Å²) < 4.78 is 10.9. The molecule has 7 nitrogen and oxygen atoms in total. The predicted octanol–water partition coefficient (Wildman–Crippen LogP) is 2.89. The first-order valence-corrected chi connectivity index (χ1v) is 7.61. The van der Waals surface area contributed by atoms with Crippen molar-refractivity contribution in [3.8, 4) is 6.08 Å². The van der Waals surface area contributed by atoms with E-state index in [0.29, 0.717) is 17.7 Å². The fraction of sp³-hybridized carbons (Fsp3) is 0.533. The zero-order valence-electron chi connectivity index (χ0n) is 12.3. The van der Waals surface area contributed by atoms with Gasteiger partial charge in [-0.3, -0.25) is 10.1 Å². The van der Waals surface area contributed by atoms with Crippen molar-refractivity contribution in [1.82, 2.24) is 10.3 Å². The normalized spacial score (nSPS) is 18.5. The smallest absolute Gasteiger partial charge is 0.394 e. The largest absolute Gasteiger partial charge is 0.450 e. The Kier molecular flexibility index (Phi) is 4.53. The zero-order chi connectivity index (χ0) is 15.4. The summed E-state index contributed by atoms with van der Waals surface area (Å²) in [4.78, 5) is 14.4. The van der Waals surface area contributed by atoms with Crippen LogP contribution in [0.2, 0.25) is 0 Å². The molecule has 1 aliphatic rings. The van der Waals surface area contributed by atoms with E-state index < -0.39 is 4.92 Å². The van der Waals surface area contributed by atoms with Gasteiger partial charge in [0.1, 0.15) is 5.52 Å². The number of piperidine rings is 1. The minimum absolute atomic E-state index is 0.00264. The quantitative estimate of drug-likeness (QED) is 0.501. The van der Waals surface area contributed by atoms with Crippen LogP contribution in [-0.4, -0.2) is 29.6 Å². The van der Waals surface area contributed by atoms with E-state index in [0.717, 1.165) is 31.8 Å². The van der Waals surface area contributed by atoms with Crippen LogP contribution in [0.15, 0.2) is 22.6 Å². The Hall–Kier alpha value is -2.15. The first-order valence-electron chi connectivity index (χ1n) is 7.61. The van der Waals surface area contributed by atoms with Crippen molar-refractivity contribution in [2.75, 3.05) is 19.7 Å². The summed E-state index contributed by atoms with van der Waals surface area (Å²) in [6.45, 7) is 2.76. The Morgan fingerprint density at radius 3 is 3.18 bits per heavy atom. The zero-order valence-corrected chi connectivity index (χ0v) is 12.3. The number of nitro groups is 1. The molecule has 0 saturated carbocycles. The highest BCUT2D eigenvalue weighted by Crippen LogP contribution is 2.25. The van der Waals surface area contributed by atoms with Crippen LogP contribution in [0.5, 0.6) is 6.08 Å². The lowest BCUT2D eigenvalue weighted by atomic mass is 9.95. The van der Waals surface area contributed by atoms with Crippen LogP contribution in [0.25, 0.3) is 11.1 Å². The molecule has 1 saturated heterocycles. The average molecular weight is 305 g/mol. The molecular formula is C15H19N3O4. The second kappa shape index (κ2) is 6.74. The second-order valence-corrected chi connectivity index (χ2v) is 5.59. The maximum Gasteiger partial charge on any atom is 0.394 e. The van der Waals surface area contributed by atoms with Crippen LogP contribution in [0.4, 0.5) is 5.69 Å². The monoisotopic (exact) mass is 305 g/mol. The van der Waals surface area contributed by atoms with E-state index in [-0.39, 0.29) is 11.8 Å². The van der Waals surface area contributed by atoms with Crippen molar-refractivity contribution in [2.45, 2.75) is 25.7 Å². The Bertz CT molecular complexity index is 649. The van der Waals surface area contributed by atoms with Gasteiger partial charge >= 0.3 is 6.08 Å². The van der Waals surface area contributed by atoms with Gasteiger partial charge in [0.05, 0.1) is 11.5 Å². The van der Waals surface area contributed by atoms with Gasteiger partial charge in [0.15, 0.2) is 5.58 Å². The third-order valence-corrected chi connectivity index (χ3v) is 3.94. The number of ether oxygens (including phenoxy) is 1. The number of rotatable bonds is 6. The van der Waals surface area contributed by atoms with E-state index in [1.165, 1.54) is 25.0 Å². The molecule has 2 aromatic rings. The molecule has 2 heterocycles. The van der Waals surface area contributed by atoms with Crippen LogP contribution in [0.1, 0.15) is 25.7 Å². The number of benzene rings is 1. The highest BCUT2D eigenvalue weighted by molar-refractivity contribution is 5.75. The van der Waals surface area contributed by atoms with Gasteiger partial charge in [-0.05, 0) is 50.8 Å². The average Bonchev–Trinajstić information content (AvgIpc) is 2.94. The van der Waals surface area contributed by atoms with Gasteiger partial charge in [-0.1, -0.05) is 0 Å². The molecule has 3 rings (SSSR count). The highest BCUT2D eigenvalue weighted by Gasteiger charge is 2.14. The molecule has 0 amide bonds. The van der Waals surface area contributed by atoms with Crippen molar-refractivity contribution in [1.29, 1.82) is 0 Å². The van der Waals surface area contributed by atoms with E-state index in [1.54, 1.807) is 6.07 Å². The summed E-state index contributed by atoms with van der Waals surface area (Å²) in [5, 5.41) is 14.1. The molecule has 7 heteroatoms. The number of fused-ring (bicyclic) bond motifs is 1. The van der Waals surface area contributed by atoms with Gasteiger partial charge in [-0.25, -0.2) is 0 Å². The van der Waals surface area contributed by atoms with Gasteiger partial charge in [0.25, 0.3) is 5.69 Å². The minimum atomic E-state index is -0.452. The fourth-order valence-corrected chi connectivity index (χ4v) is 2.77. The fourth-order valence-electron chi connectivity index (χ4n) is 2.77. The standard InChI is InChI=1S/C15H19N3O4/c19-18(20)12-5-6-14-13(9-12)17-15(22-14)21-8-2-4-11-3-1-7-16-10-11/h5-6,9,11,16H,1-4,7-8,10H2. The molecule has 1 atom stereocenters. The van der Waals surface area contributed by atoms with E-state index in [1.807, 2.05) is 0 Å². The molecule has 0 spiro atoms. The van der Waals surface area contributed by atoms with Crippen molar-refractivity contribution in [3.05, 3.63) is 28.3 Å². The molecule has 1 unspecified atom stereocenters. The van der Waals surface area contributed by atoms with Crippen LogP contribution >= 0.6 is 0 Å². The molecule has 0 bridgehead atoms. The first kappa shape index (κ1) is 14.8. The van der Waals surface area contributed by atoms with Crippen molar-refractivity contribution >= 4 is 16.8 Å². The number of nitro benzene ring substituents is 1. The Morgan fingerprint density at radius 1 is 1.50 bits per heavy atom. The number of aromatic nitrogens is 1. The van der Waals surface area contributed by atoms with Crippen LogP contribution < -0.4 is 10.1 Å². The molecule has 0 radical (unpaired) electrons. The van der Waals surface area contributed by atoms with E-state index in [9.17, 15) is 10.1 Å². The number of nitrogens with zero attached hydrogens (tertiary/aromatic N) is 2. The van der Waals surface area contributed by atoms with E-state index in [2.05, 4.69) is 10.3 Å². The van der Waals surface area contributed by atoms with Gasteiger partial charge in [0, 0.05) is 12.1 Å². The van der Waals surface area contributed by atoms with Crippen molar-refractivity contribution < 1.29 is 14.1 Å². The third-order valence-electron chi connectivity index (χ3n) is 3.94. The lowest BCUT2D eigenvalue weighted by Gasteiger charge is -2.22. The summed E-state index contributed by atoms with van der Waals surface area (Å²) in [6.07, 6.45) is 4.77. The maximum atomic E-state index is 10.7. The molecular weight excluding hydrogens is 286 g/mol. The summed E-state index contributed by atoms with van der Waals surface area (Å²) in [7, 11) is 0. The van der Waals surface area contributed by atoms with Crippen LogP contribution in [0.3, 0.4) is 0 Å². The molecule has 22 heavy (non-hydrogen) atoms. The highest BCUT2D eigenvalue weighted by atomic mass is 16.6. The number of hydrogen-bond donors (Lipinski definition) is 1. The van der Waals surface area contributed by atoms with E-state index >= 15 is 0 Å². The van der Waals surface area contributed by atoms with Gasteiger partial charge < -0.3 is 14.5 Å². The van der Waals surface area contributed by atoms with Gasteiger partial charge in [0.2, 0.25) is 0 Å². The summed E-state index contributed by atoms with van der Waals surface area (Å²) in [5.74, 6) is 0.726. The first-order chi connectivity index (χ1) is 10.7. The van der Waals surface area contributed by atoms with E-state index in [4.69, 9.17) is 9.15 Å². The second-order valence-electron chi connectivity index (χ2n) is 5.59. The summed E-state index contributed by atoms with van der Waals surface area (Å²) in [5.41, 5.74) is 0.940. The maximum absolute atomic E-state index is 10.7. The predicted molar refractivity (Wildman–Crippen MR) is 81.0 cm³/mol. The summed E-state index contributed by atoms with van der Waals surface area (Å²) >= 11 is 0. The minimum Gasteiger partial charge on any atom is -0.450 e. The summed E-state index contributed by atoms with van der Waals surface area (Å²) in [6, 6.07) is 4.33. The number of nitrogens with one attached hydrogen (secondary N) is 1. The van der Waals surface area contributed by atoms with Crippen LogP contribution in [0, 0.1) is 16.0 Å². The Balaban J connectivity index is 1.52. The van der Waals surface area contributed by atoms with Crippen LogP contribution in [-0.2, 0) is 0 Å². The van der Waals surface area contributed by atoms with Gasteiger partial charge in [-0.2, -0.15) is 4.98 Å². The Labute approximate surface area is 127 Å².